The molecule has 1 saturated heterocycles. The van der Waals surface area contributed by atoms with Crippen LogP contribution < -0.4 is 0 Å². The summed E-state index contributed by atoms with van der Waals surface area (Å²) >= 11 is 0. The number of amides is 1. The molecule has 1 aliphatic rings. The standard InChI is InChI=1S/C11H21NO3/c1-10(2,3)7-12-9(14)15-8-11(12,4)5-6-13/h13H,5-8H2,1-4H3. The first kappa shape index (κ1) is 12.3. The molecule has 1 amide bonds. The molecule has 1 aliphatic heterocycles. The first-order valence-corrected chi connectivity index (χ1v) is 5.34. The predicted molar refractivity (Wildman–Crippen MR) is 57.6 cm³/mol. The van der Waals surface area contributed by atoms with E-state index in [4.69, 9.17) is 9.84 Å². The Labute approximate surface area is 91.2 Å². The van der Waals surface area contributed by atoms with Gasteiger partial charge in [-0.05, 0) is 18.8 Å². The molecule has 0 aromatic carbocycles. The highest BCUT2D eigenvalue weighted by Crippen LogP contribution is 2.30. The summed E-state index contributed by atoms with van der Waals surface area (Å²) in [6.45, 7) is 9.31. The van der Waals surface area contributed by atoms with Crippen LogP contribution >= 0.6 is 0 Å². The molecule has 0 aromatic heterocycles. The zero-order valence-corrected chi connectivity index (χ0v) is 10.0. The molecule has 0 spiro atoms. The van der Waals surface area contributed by atoms with Crippen molar-refractivity contribution < 1.29 is 14.6 Å². The topological polar surface area (TPSA) is 49.8 Å². The second-order valence-corrected chi connectivity index (χ2v) is 5.67. The third-order valence-corrected chi connectivity index (χ3v) is 2.66. The lowest BCUT2D eigenvalue weighted by molar-refractivity contribution is 0.108. The predicted octanol–water partition coefficient (Wildman–Crippen LogP) is 1.63. The number of rotatable bonds is 3. The van der Waals surface area contributed by atoms with E-state index < -0.39 is 0 Å². The minimum atomic E-state index is -0.348. The number of aliphatic hydroxyl groups is 1. The van der Waals surface area contributed by atoms with E-state index >= 15 is 0 Å². The Morgan fingerprint density at radius 2 is 2.13 bits per heavy atom. The molecule has 0 radical (unpaired) electrons. The number of carbonyl (C=O) groups is 1. The number of hydrogen-bond donors (Lipinski definition) is 1. The van der Waals surface area contributed by atoms with Crippen LogP contribution in [0.15, 0.2) is 0 Å². The lowest BCUT2D eigenvalue weighted by atomic mass is 9.91. The summed E-state index contributed by atoms with van der Waals surface area (Å²) in [6.07, 6.45) is 0.301. The van der Waals surface area contributed by atoms with E-state index in [-0.39, 0.29) is 23.7 Å². The summed E-state index contributed by atoms with van der Waals surface area (Å²) in [5.41, 5.74) is -0.306. The van der Waals surface area contributed by atoms with Crippen molar-refractivity contribution in [2.45, 2.75) is 39.7 Å². The van der Waals surface area contributed by atoms with Crippen molar-refractivity contribution in [3.8, 4) is 0 Å². The summed E-state index contributed by atoms with van der Waals surface area (Å²) in [4.78, 5) is 13.3. The monoisotopic (exact) mass is 215 g/mol. The second kappa shape index (κ2) is 4.00. The summed E-state index contributed by atoms with van der Waals surface area (Å²) in [7, 11) is 0. The minimum Gasteiger partial charge on any atom is -0.447 e. The fourth-order valence-electron chi connectivity index (χ4n) is 1.77. The Morgan fingerprint density at radius 3 is 2.60 bits per heavy atom. The molecule has 1 rings (SSSR count). The van der Waals surface area contributed by atoms with Gasteiger partial charge in [0.05, 0.1) is 5.54 Å². The van der Waals surface area contributed by atoms with Crippen molar-refractivity contribution in [2.75, 3.05) is 19.8 Å². The number of nitrogens with zero attached hydrogens (tertiary/aromatic N) is 1. The number of carbonyl (C=O) groups excluding carboxylic acids is 1. The highest BCUT2D eigenvalue weighted by molar-refractivity contribution is 5.71. The number of hydrogen-bond acceptors (Lipinski definition) is 3. The van der Waals surface area contributed by atoms with Crippen molar-refractivity contribution in [1.82, 2.24) is 4.90 Å². The zero-order valence-electron chi connectivity index (χ0n) is 10.0. The average molecular weight is 215 g/mol. The summed E-state index contributed by atoms with van der Waals surface area (Å²) in [5, 5.41) is 9.00. The van der Waals surface area contributed by atoms with Gasteiger partial charge in [0.2, 0.25) is 0 Å². The highest BCUT2D eigenvalue weighted by Gasteiger charge is 2.44. The Kier molecular flexibility index (Phi) is 3.28. The van der Waals surface area contributed by atoms with Gasteiger partial charge in [0, 0.05) is 13.2 Å². The van der Waals surface area contributed by atoms with Gasteiger partial charge in [-0.25, -0.2) is 4.79 Å². The smallest absolute Gasteiger partial charge is 0.410 e. The lowest BCUT2D eigenvalue weighted by Gasteiger charge is -2.35. The van der Waals surface area contributed by atoms with E-state index in [1.54, 1.807) is 4.90 Å². The first-order chi connectivity index (χ1) is 6.78. The molecular formula is C11H21NO3. The molecule has 1 heterocycles. The van der Waals surface area contributed by atoms with Crippen LogP contribution in [-0.4, -0.2) is 41.4 Å². The van der Waals surface area contributed by atoms with E-state index in [0.717, 1.165) is 0 Å². The third-order valence-electron chi connectivity index (χ3n) is 2.66. The summed E-state index contributed by atoms with van der Waals surface area (Å²) in [6, 6.07) is 0. The Bertz CT molecular complexity index is 247. The fraction of sp³-hybridized carbons (Fsp3) is 0.909. The zero-order chi connectivity index (χ0) is 11.7. The SMILES string of the molecule is CC(C)(C)CN1C(=O)OCC1(C)CCO. The quantitative estimate of drug-likeness (QED) is 0.778. The van der Waals surface area contributed by atoms with Crippen LogP contribution in [0.25, 0.3) is 0 Å². The van der Waals surface area contributed by atoms with E-state index in [9.17, 15) is 4.79 Å². The van der Waals surface area contributed by atoms with Gasteiger partial charge in [-0.2, -0.15) is 0 Å². The molecule has 15 heavy (non-hydrogen) atoms. The maximum absolute atomic E-state index is 11.6. The average Bonchev–Trinajstić information content (AvgIpc) is 2.32. The van der Waals surface area contributed by atoms with Gasteiger partial charge >= 0.3 is 6.09 Å². The molecule has 4 nitrogen and oxygen atoms in total. The van der Waals surface area contributed by atoms with Crippen LogP contribution in [0, 0.1) is 5.41 Å². The molecule has 4 heteroatoms. The van der Waals surface area contributed by atoms with E-state index in [2.05, 4.69) is 20.8 Å². The number of aliphatic hydroxyl groups excluding tert-OH is 1. The van der Waals surface area contributed by atoms with E-state index in [0.29, 0.717) is 19.6 Å². The van der Waals surface area contributed by atoms with Gasteiger partial charge in [0.15, 0.2) is 0 Å². The van der Waals surface area contributed by atoms with Crippen molar-refractivity contribution in [3.63, 3.8) is 0 Å². The molecule has 0 saturated carbocycles. The van der Waals surface area contributed by atoms with E-state index in [1.165, 1.54) is 0 Å². The maximum Gasteiger partial charge on any atom is 0.410 e. The Morgan fingerprint density at radius 1 is 1.53 bits per heavy atom. The van der Waals surface area contributed by atoms with Gasteiger partial charge < -0.3 is 9.84 Å². The fourth-order valence-corrected chi connectivity index (χ4v) is 1.77. The molecule has 1 N–H and O–H groups in total. The highest BCUT2D eigenvalue weighted by atomic mass is 16.6. The Hall–Kier alpha value is -0.770. The molecule has 1 unspecified atom stereocenters. The maximum atomic E-state index is 11.6. The largest absolute Gasteiger partial charge is 0.447 e. The van der Waals surface area contributed by atoms with Crippen LogP contribution in [0.4, 0.5) is 4.79 Å². The van der Waals surface area contributed by atoms with Crippen LogP contribution in [0.5, 0.6) is 0 Å². The van der Waals surface area contributed by atoms with Gasteiger partial charge in [0.1, 0.15) is 6.61 Å². The van der Waals surface area contributed by atoms with Crippen LogP contribution in [-0.2, 0) is 4.74 Å². The molecule has 1 atom stereocenters. The molecule has 0 aliphatic carbocycles. The van der Waals surface area contributed by atoms with Crippen LogP contribution in [0.3, 0.4) is 0 Å². The van der Waals surface area contributed by atoms with Gasteiger partial charge in [-0.15, -0.1) is 0 Å². The van der Waals surface area contributed by atoms with Crippen molar-refractivity contribution in [3.05, 3.63) is 0 Å². The van der Waals surface area contributed by atoms with Crippen molar-refractivity contribution >= 4 is 6.09 Å². The first-order valence-electron chi connectivity index (χ1n) is 5.34. The third kappa shape index (κ3) is 2.84. The van der Waals surface area contributed by atoms with Gasteiger partial charge in [-0.3, -0.25) is 4.90 Å². The normalized spacial score (nSPS) is 27.0. The van der Waals surface area contributed by atoms with Crippen LogP contribution in [0.2, 0.25) is 0 Å². The molecule has 88 valence electrons. The summed E-state index contributed by atoms with van der Waals surface area (Å²) in [5.74, 6) is 0. The Balaban J connectivity index is 2.77. The van der Waals surface area contributed by atoms with Gasteiger partial charge in [-0.1, -0.05) is 20.8 Å². The molecule has 0 aromatic rings. The molecular weight excluding hydrogens is 194 g/mol. The lowest BCUT2D eigenvalue weighted by Crippen LogP contribution is -2.48. The minimum absolute atomic E-state index is 0.0417. The summed E-state index contributed by atoms with van der Waals surface area (Å²) < 4.78 is 5.06. The molecule has 1 fully saturated rings. The van der Waals surface area contributed by atoms with Crippen molar-refractivity contribution in [1.29, 1.82) is 0 Å². The molecule has 0 bridgehead atoms. The number of cyclic esters (lactones) is 1. The van der Waals surface area contributed by atoms with Crippen LogP contribution in [0.1, 0.15) is 34.1 Å². The van der Waals surface area contributed by atoms with E-state index in [1.807, 2.05) is 6.92 Å². The second-order valence-electron chi connectivity index (χ2n) is 5.67. The van der Waals surface area contributed by atoms with Crippen molar-refractivity contribution in [2.24, 2.45) is 5.41 Å². The number of ether oxygens (including phenoxy) is 1. The van der Waals surface area contributed by atoms with Gasteiger partial charge in [0.25, 0.3) is 0 Å².